The Morgan fingerprint density at radius 3 is 1.68 bits per heavy atom. The molecule has 0 unspecified atom stereocenters. The zero-order chi connectivity index (χ0) is 29.7. The Morgan fingerprint density at radius 1 is 0.477 bits per heavy atom. The summed E-state index contributed by atoms with van der Waals surface area (Å²) in [6.07, 6.45) is 8.30. The first kappa shape index (κ1) is 27.2. The van der Waals surface area contributed by atoms with E-state index in [2.05, 4.69) is 139 Å². The Hall–Kier alpha value is -5.60. The van der Waals surface area contributed by atoms with E-state index in [9.17, 15) is 5.11 Å². The third kappa shape index (κ3) is 5.84. The predicted molar refractivity (Wildman–Crippen MR) is 186 cm³/mol. The normalized spacial score (nSPS) is 12.5. The van der Waals surface area contributed by atoms with E-state index >= 15 is 0 Å². The van der Waals surface area contributed by atoms with Crippen LogP contribution in [0.1, 0.15) is 18.4 Å². The van der Waals surface area contributed by atoms with E-state index in [1.165, 1.54) is 27.8 Å². The summed E-state index contributed by atoms with van der Waals surface area (Å²) < 4.78 is 0. The summed E-state index contributed by atoms with van der Waals surface area (Å²) in [7, 11) is 0. The van der Waals surface area contributed by atoms with Gasteiger partial charge in [0.25, 0.3) is 0 Å². The van der Waals surface area contributed by atoms with Gasteiger partial charge < -0.3 is 10.4 Å². The maximum absolute atomic E-state index is 10.6. The molecule has 0 heterocycles. The number of anilines is 2. The van der Waals surface area contributed by atoms with Gasteiger partial charge in [-0.1, -0.05) is 115 Å². The summed E-state index contributed by atoms with van der Waals surface area (Å²) >= 11 is 0. The molecule has 6 aromatic carbocycles. The van der Waals surface area contributed by atoms with Crippen LogP contribution in [0.15, 0.2) is 164 Å². The highest BCUT2D eigenvalue weighted by Crippen LogP contribution is 2.37. The highest BCUT2D eigenvalue weighted by Gasteiger charge is 2.12. The van der Waals surface area contributed by atoms with Crippen molar-refractivity contribution in [2.45, 2.75) is 12.8 Å². The molecule has 0 amide bonds. The number of nitrogens with one attached hydrogen (secondary N) is 1. The monoisotopic (exact) mass is 567 g/mol. The minimum absolute atomic E-state index is 0.333. The summed E-state index contributed by atoms with van der Waals surface area (Å²) in [5, 5.41) is 14.2. The van der Waals surface area contributed by atoms with E-state index in [4.69, 9.17) is 0 Å². The van der Waals surface area contributed by atoms with E-state index < -0.39 is 0 Å². The molecule has 1 aliphatic carbocycles. The lowest BCUT2D eigenvalue weighted by Crippen LogP contribution is -1.93. The topological polar surface area (TPSA) is 32.3 Å². The summed E-state index contributed by atoms with van der Waals surface area (Å²) in [4.78, 5) is 0. The van der Waals surface area contributed by atoms with Crippen molar-refractivity contribution in [2.75, 3.05) is 5.32 Å². The minimum atomic E-state index is 0.333. The lowest BCUT2D eigenvalue weighted by Gasteiger charge is -2.14. The number of hydrogen-bond acceptors (Lipinski definition) is 2. The number of allylic oxidation sites excluding steroid dienone is 4. The molecule has 0 saturated carbocycles. The molecule has 2 N–H and O–H groups in total. The first-order valence-corrected chi connectivity index (χ1v) is 15.1. The molecule has 6 aromatic rings. The van der Waals surface area contributed by atoms with Crippen molar-refractivity contribution in [3.8, 4) is 50.3 Å². The molecule has 7 rings (SSSR count). The number of para-hydroxylation sites is 2. The van der Waals surface area contributed by atoms with Crippen LogP contribution in [0.25, 0.3) is 50.1 Å². The molecule has 0 aromatic heterocycles. The molecule has 2 heteroatoms. The van der Waals surface area contributed by atoms with E-state index in [-0.39, 0.29) is 0 Å². The number of benzene rings is 6. The van der Waals surface area contributed by atoms with Gasteiger partial charge in [0.1, 0.15) is 5.75 Å². The van der Waals surface area contributed by atoms with Crippen molar-refractivity contribution < 1.29 is 5.11 Å². The number of phenolic OH excluding ortho intramolecular Hbond substituents is 1. The molecule has 1 aliphatic rings. The molecule has 0 bridgehead atoms. The van der Waals surface area contributed by atoms with Crippen LogP contribution in [0.5, 0.6) is 5.75 Å². The van der Waals surface area contributed by atoms with Crippen LogP contribution in [0.3, 0.4) is 0 Å². The minimum Gasteiger partial charge on any atom is -0.507 e. The summed E-state index contributed by atoms with van der Waals surface area (Å²) in [5.74, 6) is 0.333. The fourth-order valence-corrected chi connectivity index (χ4v) is 5.94. The zero-order valence-electron chi connectivity index (χ0n) is 24.4. The molecular weight excluding hydrogens is 534 g/mol. The van der Waals surface area contributed by atoms with Crippen LogP contribution in [-0.4, -0.2) is 5.11 Å². The average molecular weight is 568 g/mol. The van der Waals surface area contributed by atoms with Crippen molar-refractivity contribution in [3.05, 3.63) is 169 Å². The second-order valence-electron chi connectivity index (χ2n) is 11.2. The van der Waals surface area contributed by atoms with Gasteiger partial charge in [0.2, 0.25) is 0 Å². The summed E-state index contributed by atoms with van der Waals surface area (Å²) in [6, 6.07) is 50.9. The Balaban J connectivity index is 1.19. The van der Waals surface area contributed by atoms with Crippen LogP contribution < -0.4 is 5.32 Å². The van der Waals surface area contributed by atoms with Gasteiger partial charge >= 0.3 is 0 Å². The molecule has 0 saturated heterocycles. The van der Waals surface area contributed by atoms with E-state index in [1.807, 2.05) is 30.3 Å². The average Bonchev–Trinajstić information content (AvgIpc) is 3.10. The summed E-state index contributed by atoms with van der Waals surface area (Å²) in [5.41, 5.74) is 13.5. The van der Waals surface area contributed by atoms with Crippen molar-refractivity contribution in [2.24, 2.45) is 0 Å². The van der Waals surface area contributed by atoms with Gasteiger partial charge in [0.05, 0.1) is 0 Å². The van der Waals surface area contributed by atoms with Crippen LogP contribution >= 0.6 is 0 Å². The Labute approximate surface area is 259 Å². The first-order chi connectivity index (χ1) is 21.7. The van der Waals surface area contributed by atoms with E-state index in [0.29, 0.717) is 5.75 Å². The van der Waals surface area contributed by atoms with Crippen LogP contribution in [0, 0.1) is 0 Å². The first-order valence-electron chi connectivity index (χ1n) is 15.1. The highest BCUT2D eigenvalue weighted by atomic mass is 16.3. The summed E-state index contributed by atoms with van der Waals surface area (Å²) in [6.45, 7) is 0. The molecule has 0 fully saturated rings. The fraction of sp³-hybridized carbons (Fsp3) is 0.0476. The highest BCUT2D eigenvalue weighted by molar-refractivity contribution is 5.85. The Kier molecular flexibility index (Phi) is 7.63. The molecule has 0 spiro atoms. The van der Waals surface area contributed by atoms with Gasteiger partial charge in [-0.25, -0.2) is 0 Å². The molecule has 2 nitrogen and oxygen atoms in total. The number of rotatable bonds is 7. The fourth-order valence-electron chi connectivity index (χ4n) is 5.94. The van der Waals surface area contributed by atoms with Crippen molar-refractivity contribution in [1.82, 2.24) is 0 Å². The molecule has 0 radical (unpaired) electrons. The zero-order valence-corrected chi connectivity index (χ0v) is 24.4. The molecule has 212 valence electrons. The molecular formula is C42H33NO. The van der Waals surface area contributed by atoms with Gasteiger partial charge in [0.15, 0.2) is 0 Å². The second-order valence-corrected chi connectivity index (χ2v) is 11.2. The van der Waals surface area contributed by atoms with E-state index in [1.54, 1.807) is 0 Å². The Morgan fingerprint density at radius 2 is 1.05 bits per heavy atom. The van der Waals surface area contributed by atoms with Crippen LogP contribution in [0.2, 0.25) is 0 Å². The van der Waals surface area contributed by atoms with Crippen LogP contribution in [-0.2, 0) is 0 Å². The largest absolute Gasteiger partial charge is 0.507 e. The third-order valence-electron chi connectivity index (χ3n) is 8.23. The van der Waals surface area contributed by atoms with Crippen molar-refractivity contribution in [1.29, 1.82) is 0 Å². The second kappa shape index (κ2) is 12.3. The SMILES string of the molecule is Oc1ccc(-c2cccc(-c3cccc(-c4cccc(-c5ccccc5Nc5ccccc5)c4)c3)c2)cc1C1=CC=CCC1. The molecule has 0 aliphatic heterocycles. The molecule has 0 atom stereocenters. The number of aromatic hydroxyl groups is 1. The number of phenols is 1. The van der Waals surface area contributed by atoms with Gasteiger partial charge in [-0.3, -0.25) is 0 Å². The van der Waals surface area contributed by atoms with Crippen molar-refractivity contribution >= 4 is 16.9 Å². The van der Waals surface area contributed by atoms with Gasteiger partial charge in [-0.05, 0) is 106 Å². The smallest absolute Gasteiger partial charge is 0.123 e. The van der Waals surface area contributed by atoms with Crippen molar-refractivity contribution in [3.63, 3.8) is 0 Å². The van der Waals surface area contributed by atoms with Gasteiger partial charge in [-0.15, -0.1) is 0 Å². The molecule has 44 heavy (non-hydrogen) atoms. The lowest BCUT2D eigenvalue weighted by atomic mass is 9.92. The maximum Gasteiger partial charge on any atom is 0.123 e. The van der Waals surface area contributed by atoms with Gasteiger partial charge in [0, 0.05) is 22.5 Å². The Bertz CT molecular complexity index is 2000. The number of hydrogen-bond donors (Lipinski definition) is 2. The predicted octanol–water partition coefficient (Wildman–Crippen LogP) is 11.5. The van der Waals surface area contributed by atoms with E-state index in [0.717, 1.165) is 52.0 Å². The lowest BCUT2D eigenvalue weighted by molar-refractivity contribution is 0.473. The van der Waals surface area contributed by atoms with Gasteiger partial charge in [-0.2, -0.15) is 0 Å². The standard InChI is InChI=1S/C42H33NO/c44-42-25-24-36(29-40(42)30-12-3-1-4-13-30)34-17-10-15-32(27-34)31-14-9-16-33(26-31)35-18-11-19-37(28-35)39-22-7-8-23-41(39)43-38-20-5-2-6-21-38/h1-3,5-12,14-29,43-44H,4,13H2. The quantitative estimate of drug-likeness (QED) is 0.201. The van der Waals surface area contributed by atoms with Crippen LogP contribution in [0.4, 0.5) is 11.4 Å². The third-order valence-corrected chi connectivity index (χ3v) is 8.23. The maximum atomic E-state index is 10.6.